The molecular weight excluding hydrogens is 250 g/mol. The number of methoxy groups -OCH3 is 2. The molecule has 1 aromatic carbocycles. The molecule has 1 N–H and O–H groups in total. The fraction of sp³-hybridized carbons (Fsp3) is 0.647. The van der Waals surface area contributed by atoms with Crippen molar-refractivity contribution in [2.45, 2.75) is 38.1 Å². The van der Waals surface area contributed by atoms with Crippen LogP contribution in [-0.4, -0.2) is 26.8 Å². The van der Waals surface area contributed by atoms with Crippen molar-refractivity contribution in [2.75, 3.05) is 20.8 Å². The van der Waals surface area contributed by atoms with Gasteiger partial charge in [0, 0.05) is 6.04 Å². The van der Waals surface area contributed by atoms with Crippen LogP contribution in [-0.2, 0) is 6.42 Å². The first-order chi connectivity index (χ1) is 9.81. The summed E-state index contributed by atoms with van der Waals surface area (Å²) in [6, 6.07) is 6.99. The van der Waals surface area contributed by atoms with Gasteiger partial charge in [-0.3, -0.25) is 0 Å². The molecule has 1 aliphatic carbocycles. The second-order valence-corrected chi connectivity index (χ2v) is 6.10. The molecule has 1 aliphatic heterocycles. The highest BCUT2D eigenvalue weighted by atomic mass is 16.5. The zero-order valence-electron chi connectivity index (χ0n) is 12.5. The number of hydrogen-bond acceptors (Lipinski definition) is 3. The third kappa shape index (κ3) is 2.64. The molecule has 0 bridgehead atoms. The van der Waals surface area contributed by atoms with Crippen LogP contribution in [0.1, 0.15) is 31.2 Å². The summed E-state index contributed by atoms with van der Waals surface area (Å²) in [4.78, 5) is 0. The Hall–Kier alpha value is -1.22. The second kappa shape index (κ2) is 6.04. The van der Waals surface area contributed by atoms with Crippen molar-refractivity contribution in [3.05, 3.63) is 23.8 Å². The highest BCUT2D eigenvalue weighted by Crippen LogP contribution is 2.39. The van der Waals surface area contributed by atoms with Crippen LogP contribution in [0.3, 0.4) is 0 Å². The maximum absolute atomic E-state index is 5.38. The van der Waals surface area contributed by atoms with Crippen molar-refractivity contribution < 1.29 is 9.47 Å². The molecule has 20 heavy (non-hydrogen) atoms. The minimum absolute atomic E-state index is 0.718. The lowest BCUT2D eigenvalue weighted by Crippen LogP contribution is -2.27. The standard InChI is InChI=1S/C17H25NO2/c1-19-16-9-7-12(10-17(16)20-2)6-8-15-14-5-3-4-13(14)11-18-15/h7,9-10,13-15,18H,3-6,8,11H2,1-2H3. The Morgan fingerprint density at radius 2 is 2.00 bits per heavy atom. The number of fused-ring (bicyclic) bond motifs is 1. The summed E-state index contributed by atoms with van der Waals surface area (Å²) in [5.74, 6) is 3.52. The normalized spacial score (nSPS) is 28.4. The van der Waals surface area contributed by atoms with Gasteiger partial charge in [-0.25, -0.2) is 0 Å². The molecule has 2 aliphatic rings. The minimum atomic E-state index is 0.718. The van der Waals surface area contributed by atoms with Crippen molar-refractivity contribution in [1.29, 1.82) is 0 Å². The first-order valence-electron chi connectivity index (χ1n) is 7.76. The van der Waals surface area contributed by atoms with E-state index in [0.717, 1.165) is 35.8 Å². The zero-order chi connectivity index (χ0) is 13.9. The molecule has 3 unspecified atom stereocenters. The monoisotopic (exact) mass is 275 g/mol. The largest absolute Gasteiger partial charge is 0.493 e. The molecule has 0 aromatic heterocycles. The lowest BCUT2D eigenvalue weighted by Gasteiger charge is -2.18. The molecule has 3 atom stereocenters. The van der Waals surface area contributed by atoms with Gasteiger partial charge in [-0.15, -0.1) is 0 Å². The van der Waals surface area contributed by atoms with E-state index in [1.165, 1.54) is 37.8 Å². The number of nitrogens with one attached hydrogen (secondary N) is 1. The van der Waals surface area contributed by atoms with Gasteiger partial charge >= 0.3 is 0 Å². The second-order valence-electron chi connectivity index (χ2n) is 6.10. The fourth-order valence-electron chi connectivity index (χ4n) is 3.98. The SMILES string of the molecule is COc1ccc(CCC2NCC3CCCC32)cc1OC. The fourth-order valence-corrected chi connectivity index (χ4v) is 3.98. The van der Waals surface area contributed by atoms with Crippen LogP contribution in [0.5, 0.6) is 11.5 Å². The average molecular weight is 275 g/mol. The van der Waals surface area contributed by atoms with Crippen LogP contribution in [0.25, 0.3) is 0 Å². The molecule has 1 heterocycles. The van der Waals surface area contributed by atoms with Gasteiger partial charge in [0.2, 0.25) is 0 Å². The van der Waals surface area contributed by atoms with Gasteiger partial charge in [-0.1, -0.05) is 12.5 Å². The van der Waals surface area contributed by atoms with E-state index in [2.05, 4.69) is 17.4 Å². The Kier molecular flexibility index (Phi) is 4.16. The molecule has 3 nitrogen and oxygen atoms in total. The first kappa shape index (κ1) is 13.7. The summed E-state index contributed by atoms with van der Waals surface area (Å²) in [5, 5.41) is 3.72. The molecular formula is C17H25NO2. The van der Waals surface area contributed by atoms with Gasteiger partial charge in [0.1, 0.15) is 0 Å². The van der Waals surface area contributed by atoms with Crippen LogP contribution < -0.4 is 14.8 Å². The Bertz CT molecular complexity index is 460. The molecule has 110 valence electrons. The first-order valence-corrected chi connectivity index (χ1v) is 7.76. The smallest absolute Gasteiger partial charge is 0.160 e. The van der Waals surface area contributed by atoms with Crippen molar-refractivity contribution in [1.82, 2.24) is 5.32 Å². The van der Waals surface area contributed by atoms with Crippen LogP contribution in [0, 0.1) is 11.8 Å². The van der Waals surface area contributed by atoms with Crippen LogP contribution in [0.15, 0.2) is 18.2 Å². The van der Waals surface area contributed by atoms with Gasteiger partial charge in [0.15, 0.2) is 11.5 Å². The van der Waals surface area contributed by atoms with Crippen molar-refractivity contribution in [2.24, 2.45) is 11.8 Å². The van der Waals surface area contributed by atoms with Gasteiger partial charge in [-0.05, 0) is 61.8 Å². The predicted molar refractivity (Wildman–Crippen MR) is 80.5 cm³/mol. The van der Waals surface area contributed by atoms with E-state index < -0.39 is 0 Å². The van der Waals surface area contributed by atoms with E-state index in [9.17, 15) is 0 Å². The number of aryl methyl sites for hydroxylation is 1. The Labute approximate surface area is 121 Å². The Morgan fingerprint density at radius 1 is 1.15 bits per heavy atom. The van der Waals surface area contributed by atoms with E-state index in [1.54, 1.807) is 14.2 Å². The van der Waals surface area contributed by atoms with Crippen LogP contribution in [0.4, 0.5) is 0 Å². The molecule has 2 fully saturated rings. The van der Waals surface area contributed by atoms with Gasteiger partial charge in [-0.2, -0.15) is 0 Å². The molecule has 3 rings (SSSR count). The maximum atomic E-state index is 5.38. The van der Waals surface area contributed by atoms with E-state index in [-0.39, 0.29) is 0 Å². The predicted octanol–water partition coefficient (Wildman–Crippen LogP) is 3.02. The summed E-state index contributed by atoms with van der Waals surface area (Å²) >= 11 is 0. The Morgan fingerprint density at radius 3 is 2.80 bits per heavy atom. The van der Waals surface area contributed by atoms with Gasteiger partial charge in [0.05, 0.1) is 14.2 Å². The summed E-state index contributed by atoms with van der Waals surface area (Å²) in [7, 11) is 3.38. The van der Waals surface area contributed by atoms with E-state index >= 15 is 0 Å². The molecule has 1 aromatic rings. The third-order valence-electron chi connectivity index (χ3n) is 5.07. The highest BCUT2D eigenvalue weighted by Gasteiger charge is 2.38. The average Bonchev–Trinajstić information content (AvgIpc) is 3.08. The molecule has 0 spiro atoms. The molecule has 1 saturated heterocycles. The number of benzene rings is 1. The van der Waals surface area contributed by atoms with Crippen molar-refractivity contribution >= 4 is 0 Å². The lowest BCUT2D eigenvalue weighted by molar-refractivity contribution is 0.354. The van der Waals surface area contributed by atoms with Gasteiger partial charge in [0.25, 0.3) is 0 Å². The van der Waals surface area contributed by atoms with E-state index in [1.807, 2.05) is 6.07 Å². The van der Waals surface area contributed by atoms with Gasteiger partial charge < -0.3 is 14.8 Å². The number of hydrogen-bond donors (Lipinski definition) is 1. The van der Waals surface area contributed by atoms with Crippen LogP contribution >= 0.6 is 0 Å². The molecule has 3 heteroatoms. The maximum Gasteiger partial charge on any atom is 0.160 e. The molecule has 0 amide bonds. The summed E-state index contributed by atoms with van der Waals surface area (Å²) in [6.45, 7) is 1.24. The van der Waals surface area contributed by atoms with E-state index in [0.29, 0.717) is 0 Å². The summed E-state index contributed by atoms with van der Waals surface area (Å²) < 4.78 is 10.7. The Balaban J connectivity index is 1.61. The third-order valence-corrected chi connectivity index (χ3v) is 5.07. The van der Waals surface area contributed by atoms with Crippen molar-refractivity contribution in [3.63, 3.8) is 0 Å². The summed E-state index contributed by atoms with van der Waals surface area (Å²) in [5.41, 5.74) is 1.34. The number of rotatable bonds is 5. The van der Waals surface area contributed by atoms with Crippen LogP contribution in [0.2, 0.25) is 0 Å². The minimum Gasteiger partial charge on any atom is -0.493 e. The quantitative estimate of drug-likeness (QED) is 0.896. The van der Waals surface area contributed by atoms with E-state index in [4.69, 9.17) is 9.47 Å². The molecule has 0 radical (unpaired) electrons. The number of ether oxygens (including phenoxy) is 2. The van der Waals surface area contributed by atoms with Crippen molar-refractivity contribution in [3.8, 4) is 11.5 Å². The highest BCUT2D eigenvalue weighted by molar-refractivity contribution is 5.42. The summed E-state index contributed by atoms with van der Waals surface area (Å²) in [6.07, 6.45) is 6.64. The zero-order valence-corrected chi connectivity index (χ0v) is 12.5. The lowest BCUT2D eigenvalue weighted by atomic mass is 9.90. The molecule has 1 saturated carbocycles. The topological polar surface area (TPSA) is 30.5 Å².